The number of alkyl halides is 3. The summed E-state index contributed by atoms with van der Waals surface area (Å²) in [5.74, 6) is -2.52. The van der Waals surface area contributed by atoms with Gasteiger partial charge >= 0.3 is 6.18 Å². The molecule has 0 spiro atoms. The Morgan fingerprint density at radius 3 is 2.70 bits per heavy atom. The van der Waals surface area contributed by atoms with Crippen molar-refractivity contribution >= 4 is 11.4 Å². The molecule has 30 heavy (non-hydrogen) atoms. The van der Waals surface area contributed by atoms with E-state index in [4.69, 9.17) is 0 Å². The van der Waals surface area contributed by atoms with E-state index < -0.39 is 29.9 Å². The number of imidazole rings is 1. The molecule has 1 aliphatic rings. The summed E-state index contributed by atoms with van der Waals surface area (Å²) >= 11 is 0. The van der Waals surface area contributed by atoms with Crippen LogP contribution in [0, 0.1) is 30.0 Å². The van der Waals surface area contributed by atoms with Crippen molar-refractivity contribution in [1.82, 2.24) is 19.9 Å². The molecule has 2 aromatic heterocycles. The van der Waals surface area contributed by atoms with Gasteiger partial charge in [-0.1, -0.05) is 0 Å². The fourth-order valence-corrected chi connectivity index (χ4v) is 3.35. The highest BCUT2D eigenvalue weighted by Crippen LogP contribution is 2.40. The Bertz CT molecular complexity index is 1190. The number of hydrogen-bond donors (Lipinski definition) is 1. The maximum atomic E-state index is 13.5. The first-order valence-electron chi connectivity index (χ1n) is 9.12. The number of hydrogen-bond acceptors (Lipinski definition) is 4. The first-order valence-corrected chi connectivity index (χ1v) is 9.12. The van der Waals surface area contributed by atoms with Crippen LogP contribution in [-0.2, 0) is 0 Å². The molecule has 1 aromatic carbocycles. The molecule has 1 amide bonds. The van der Waals surface area contributed by atoms with Gasteiger partial charge in [0.05, 0.1) is 29.0 Å². The Morgan fingerprint density at radius 1 is 1.33 bits per heavy atom. The van der Waals surface area contributed by atoms with Crippen LogP contribution in [0.5, 0.6) is 0 Å². The van der Waals surface area contributed by atoms with Gasteiger partial charge in [-0.2, -0.15) is 23.5 Å². The molecule has 6 nitrogen and oxygen atoms in total. The minimum absolute atomic E-state index is 0.0400. The molecular weight excluding hydrogens is 402 g/mol. The van der Waals surface area contributed by atoms with Gasteiger partial charge in [0.1, 0.15) is 11.9 Å². The van der Waals surface area contributed by atoms with Crippen LogP contribution in [0.4, 0.5) is 17.6 Å². The monoisotopic (exact) mass is 417 g/mol. The lowest BCUT2D eigenvalue weighted by molar-refractivity contribution is -0.158. The molecule has 10 heteroatoms. The van der Waals surface area contributed by atoms with E-state index in [-0.39, 0.29) is 17.1 Å². The highest BCUT2D eigenvalue weighted by Gasteiger charge is 2.50. The van der Waals surface area contributed by atoms with Crippen LogP contribution in [0.15, 0.2) is 30.5 Å². The molecule has 1 fully saturated rings. The third kappa shape index (κ3) is 3.58. The van der Waals surface area contributed by atoms with E-state index in [0.717, 1.165) is 10.6 Å². The number of nitriles is 1. The molecule has 1 unspecified atom stereocenters. The molecule has 1 atom stereocenters. The van der Waals surface area contributed by atoms with E-state index in [2.05, 4.69) is 10.1 Å². The second kappa shape index (κ2) is 7.09. The van der Waals surface area contributed by atoms with Gasteiger partial charge in [-0.05, 0) is 55.5 Å². The molecule has 0 saturated heterocycles. The number of fused-ring (bicyclic) bond motifs is 1. The van der Waals surface area contributed by atoms with Crippen molar-refractivity contribution in [2.24, 2.45) is 5.92 Å². The van der Waals surface area contributed by atoms with Crippen LogP contribution in [-0.4, -0.2) is 32.7 Å². The molecule has 2 heterocycles. The highest BCUT2D eigenvalue weighted by molar-refractivity contribution is 5.92. The van der Waals surface area contributed by atoms with Crippen molar-refractivity contribution in [2.45, 2.75) is 32.0 Å². The molecule has 1 saturated carbocycles. The summed E-state index contributed by atoms with van der Waals surface area (Å²) in [7, 11) is 0. The highest BCUT2D eigenvalue weighted by atomic mass is 19.4. The summed E-state index contributed by atoms with van der Waals surface area (Å²) in [6.45, 7) is 1.71. The van der Waals surface area contributed by atoms with Crippen LogP contribution in [0.2, 0.25) is 0 Å². The van der Waals surface area contributed by atoms with Crippen molar-refractivity contribution in [3.63, 3.8) is 0 Å². The molecule has 4 rings (SSSR count). The van der Waals surface area contributed by atoms with Crippen LogP contribution in [0.1, 0.15) is 34.6 Å². The zero-order valence-electron chi connectivity index (χ0n) is 15.7. The van der Waals surface area contributed by atoms with Crippen molar-refractivity contribution in [3.05, 3.63) is 53.2 Å². The molecule has 0 aliphatic heterocycles. The minimum atomic E-state index is -4.56. The smallest absolute Gasteiger partial charge is 0.337 e. The average Bonchev–Trinajstić information content (AvgIpc) is 3.42. The summed E-state index contributed by atoms with van der Waals surface area (Å²) in [5, 5.41) is 15.6. The number of rotatable bonds is 4. The second-order valence-electron chi connectivity index (χ2n) is 7.22. The Hall–Kier alpha value is -3.48. The van der Waals surface area contributed by atoms with E-state index in [9.17, 15) is 27.6 Å². The van der Waals surface area contributed by atoms with Crippen molar-refractivity contribution in [3.8, 4) is 17.3 Å². The van der Waals surface area contributed by atoms with Gasteiger partial charge in [-0.3, -0.25) is 4.79 Å². The van der Waals surface area contributed by atoms with Gasteiger partial charge in [-0.15, -0.1) is 0 Å². The number of nitrogens with one attached hydrogen (secondary N) is 1. The number of aromatic nitrogens is 3. The molecule has 0 radical (unpaired) electrons. The van der Waals surface area contributed by atoms with Crippen molar-refractivity contribution in [2.75, 3.05) is 0 Å². The van der Waals surface area contributed by atoms with Gasteiger partial charge in [-0.25, -0.2) is 13.9 Å². The number of benzene rings is 1. The Labute approximate surface area is 168 Å². The van der Waals surface area contributed by atoms with Gasteiger partial charge in [0.2, 0.25) is 5.82 Å². The van der Waals surface area contributed by atoms with Gasteiger partial charge in [0, 0.05) is 5.56 Å². The normalized spacial score (nSPS) is 15.1. The zero-order chi connectivity index (χ0) is 21.6. The summed E-state index contributed by atoms with van der Waals surface area (Å²) in [4.78, 5) is 16.6. The number of amides is 1. The lowest BCUT2D eigenvalue weighted by Gasteiger charge is -2.20. The van der Waals surface area contributed by atoms with Gasteiger partial charge in [0.15, 0.2) is 0 Å². The van der Waals surface area contributed by atoms with E-state index in [1.807, 2.05) is 11.4 Å². The molecule has 154 valence electrons. The predicted octanol–water partition coefficient (Wildman–Crippen LogP) is 3.79. The first kappa shape index (κ1) is 19.8. The molecule has 3 aromatic rings. The first-order chi connectivity index (χ1) is 14.2. The number of aryl methyl sites for hydroxylation is 1. The molecular formula is C20H15F4N5O. The molecule has 1 N–H and O–H groups in total. The van der Waals surface area contributed by atoms with E-state index in [1.165, 1.54) is 18.3 Å². The van der Waals surface area contributed by atoms with Crippen LogP contribution < -0.4 is 5.32 Å². The van der Waals surface area contributed by atoms with Crippen LogP contribution in [0.3, 0.4) is 0 Å². The number of carbonyl (C=O) groups is 1. The summed E-state index contributed by atoms with van der Waals surface area (Å²) < 4.78 is 54.4. The largest absolute Gasteiger partial charge is 0.408 e. The van der Waals surface area contributed by atoms with Gasteiger partial charge in [0.25, 0.3) is 5.91 Å². The quantitative estimate of drug-likeness (QED) is 0.655. The fourth-order valence-electron chi connectivity index (χ4n) is 3.35. The molecule has 1 aliphatic carbocycles. The predicted molar refractivity (Wildman–Crippen MR) is 97.9 cm³/mol. The van der Waals surface area contributed by atoms with Crippen molar-refractivity contribution in [1.29, 1.82) is 5.26 Å². The van der Waals surface area contributed by atoms with Gasteiger partial charge < -0.3 is 5.32 Å². The second-order valence-corrected chi connectivity index (χ2v) is 7.22. The fraction of sp³-hybridized carbons (Fsp3) is 0.300. The van der Waals surface area contributed by atoms with E-state index in [0.29, 0.717) is 29.5 Å². The van der Waals surface area contributed by atoms with E-state index >= 15 is 0 Å². The zero-order valence-corrected chi connectivity index (χ0v) is 15.7. The van der Waals surface area contributed by atoms with Crippen LogP contribution >= 0.6 is 0 Å². The lowest BCUT2D eigenvalue weighted by atomic mass is 10.0. The Kier molecular flexibility index (Phi) is 4.68. The molecule has 0 bridgehead atoms. The Morgan fingerprint density at radius 2 is 2.07 bits per heavy atom. The van der Waals surface area contributed by atoms with Crippen LogP contribution in [0.25, 0.3) is 16.8 Å². The van der Waals surface area contributed by atoms with E-state index in [1.54, 1.807) is 13.0 Å². The summed E-state index contributed by atoms with van der Waals surface area (Å²) in [6.07, 6.45) is -2.42. The number of carbonyl (C=O) groups excluding carboxylic acids is 1. The average molecular weight is 417 g/mol. The maximum Gasteiger partial charge on any atom is 0.408 e. The third-order valence-electron chi connectivity index (χ3n) is 5.02. The standard InChI is InChI=1S/C20H15F4N5O/c1-10-6-15(14-5-4-13(21)7-12(14)8-25)28-29-16(10)9-26-18(29)19(30)27-17(11-2-3-11)20(22,23)24/h4-7,9,11,17H,2-3H2,1H3,(H,27,30). The SMILES string of the molecule is Cc1cc(-c2ccc(F)cc2C#N)nn2c(C(=O)NC(C3CC3)C(F)(F)F)ncc12. The third-order valence-corrected chi connectivity index (χ3v) is 5.02. The summed E-state index contributed by atoms with van der Waals surface area (Å²) in [5.41, 5.74) is 1.69. The maximum absolute atomic E-state index is 13.5. The summed E-state index contributed by atoms with van der Waals surface area (Å²) in [6, 6.07) is 5.19. The topological polar surface area (TPSA) is 83.1 Å². The number of halogens is 4. The minimum Gasteiger partial charge on any atom is -0.337 e. The van der Waals surface area contributed by atoms with Crippen molar-refractivity contribution < 1.29 is 22.4 Å². The Balaban J connectivity index is 1.76. The number of nitrogens with zero attached hydrogens (tertiary/aromatic N) is 4. The lowest BCUT2D eigenvalue weighted by Crippen LogP contribution is -2.47.